The van der Waals surface area contributed by atoms with Gasteiger partial charge in [-0.2, -0.15) is 4.31 Å². The smallest absolute Gasteiger partial charge is 0.252 e. The molecule has 0 spiro atoms. The Bertz CT molecular complexity index is 696. The molecular weight excluding hydrogens is 487 g/mol. The minimum Gasteiger partial charge on any atom is -0.379 e. The monoisotopic (exact) mass is 514 g/mol. The molecule has 3 rings (SSSR count). The van der Waals surface area contributed by atoms with Gasteiger partial charge in [0.25, 0.3) is 10.0 Å². The molecule has 2 fully saturated rings. The van der Waals surface area contributed by atoms with Crippen LogP contribution in [0.2, 0.25) is 0 Å². The SMILES string of the molecule is I.NC(=NCc1ccc(S(=O)(=O)N2CCOCC2)s1)NC1CCCCC1. The first kappa shape index (κ1) is 21.9. The lowest BCUT2D eigenvalue weighted by molar-refractivity contribution is 0.0731. The van der Waals surface area contributed by atoms with Gasteiger partial charge in [-0.1, -0.05) is 19.3 Å². The molecule has 26 heavy (non-hydrogen) atoms. The van der Waals surface area contributed by atoms with Crippen LogP contribution in [0.1, 0.15) is 37.0 Å². The highest BCUT2D eigenvalue weighted by Crippen LogP contribution is 2.26. The third-order valence-corrected chi connectivity index (χ3v) is 8.00. The number of hydrogen-bond donors (Lipinski definition) is 2. The molecule has 1 aliphatic carbocycles. The van der Waals surface area contributed by atoms with Crippen molar-refractivity contribution in [1.29, 1.82) is 0 Å². The number of nitrogens with two attached hydrogens (primary N) is 1. The predicted molar refractivity (Wildman–Crippen MR) is 115 cm³/mol. The second-order valence-electron chi connectivity index (χ2n) is 6.42. The minimum atomic E-state index is -3.43. The van der Waals surface area contributed by atoms with E-state index in [1.54, 1.807) is 6.07 Å². The summed E-state index contributed by atoms with van der Waals surface area (Å²) in [7, 11) is -3.43. The fraction of sp³-hybridized carbons (Fsp3) is 0.688. The van der Waals surface area contributed by atoms with Crippen LogP contribution >= 0.6 is 35.3 Å². The van der Waals surface area contributed by atoms with Crippen LogP contribution in [0.4, 0.5) is 0 Å². The van der Waals surface area contributed by atoms with Crippen LogP contribution in [-0.4, -0.2) is 51.0 Å². The molecule has 0 amide bonds. The Kier molecular flexibility index (Phi) is 8.58. The highest BCUT2D eigenvalue weighted by atomic mass is 127. The molecule has 2 aliphatic rings. The van der Waals surface area contributed by atoms with Gasteiger partial charge >= 0.3 is 0 Å². The van der Waals surface area contributed by atoms with Crippen LogP contribution in [0.25, 0.3) is 0 Å². The van der Waals surface area contributed by atoms with E-state index in [2.05, 4.69) is 10.3 Å². The van der Waals surface area contributed by atoms with Crippen molar-refractivity contribution in [2.75, 3.05) is 26.3 Å². The van der Waals surface area contributed by atoms with Gasteiger partial charge in [0.05, 0.1) is 19.8 Å². The lowest BCUT2D eigenvalue weighted by Crippen LogP contribution is -2.41. The number of ether oxygens (including phenoxy) is 1. The molecular formula is C16H27IN4O3S2. The zero-order chi connectivity index (χ0) is 17.7. The Hall–Kier alpha value is -0.430. The Balaban J connectivity index is 0.00000243. The average Bonchev–Trinajstić information content (AvgIpc) is 3.11. The van der Waals surface area contributed by atoms with Crippen LogP contribution in [0, 0.1) is 0 Å². The number of hydrogen-bond acceptors (Lipinski definition) is 5. The highest BCUT2D eigenvalue weighted by Gasteiger charge is 2.27. The molecule has 1 aromatic rings. The van der Waals surface area contributed by atoms with Gasteiger partial charge in [-0.05, 0) is 25.0 Å². The fourth-order valence-corrected chi connectivity index (χ4v) is 6.00. The second kappa shape index (κ2) is 10.2. The summed E-state index contributed by atoms with van der Waals surface area (Å²) in [6.45, 7) is 2.11. The fourth-order valence-electron chi connectivity index (χ4n) is 3.16. The molecule has 148 valence electrons. The molecule has 1 saturated heterocycles. The molecule has 1 aromatic heterocycles. The number of aliphatic imine (C=N–C) groups is 1. The summed E-state index contributed by atoms with van der Waals surface area (Å²) in [6.07, 6.45) is 6.04. The molecule has 10 heteroatoms. The molecule has 0 aromatic carbocycles. The van der Waals surface area contributed by atoms with E-state index in [4.69, 9.17) is 10.5 Å². The van der Waals surface area contributed by atoms with Crippen LogP contribution < -0.4 is 11.1 Å². The Morgan fingerprint density at radius 1 is 1.27 bits per heavy atom. The van der Waals surface area contributed by atoms with Gasteiger partial charge in [-0.25, -0.2) is 13.4 Å². The molecule has 0 bridgehead atoms. The normalized spacial score (nSPS) is 20.5. The van der Waals surface area contributed by atoms with Crippen molar-refractivity contribution in [2.24, 2.45) is 10.7 Å². The average molecular weight is 514 g/mol. The highest BCUT2D eigenvalue weighted by molar-refractivity contribution is 14.0. The van der Waals surface area contributed by atoms with E-state index in [1.807, 2.05) is 6.07 Å². The second-order valence-corrected chi connectivity index (χ2v) is 9.75. The van der Waals surface area contributed by atoms with Gasteiger partial charge in [-0.15, -0.1) is 35.3 Å². The molecule has 2 heterocycles. The summed E-state index contributed by atoms with van der Waals surface area (Å²) in [6, 6.07) is 3.89. The summed E-state index contributed by atoms with van der Waals surface area (Å²) in [5.41, 5.74) is 5.97. The molecule has 1 aliphatic heterocycles. The number of morpholine rings is 1. The van der Waals surface area contributed by atoms with Gasteiger partial charge < -0.3 is 15.8 Å². The minimum absolute atomic E-state index is 0. The number of guanidine groups is 1. The number of rotatable bonds is 5. The van der Waals surface area contributed by atoms with Gasteiger partial charge in [0.15, 0.2) is 5.96 Å². The summed E-state index contributed by atoms with van der Waals surface area (Å²) in [5, 5.41) is 3.27. The van der Waals surface area contributed by atoms with E-state index in [1.165, 1.54) is 34.9 Å². The van der Waals surface area contributed by atoms with Gasteiger partial charge in [0, 0.05) is 24.0 Å². The maximum Gasteiger partial charge on any atom is 0.252 e. The summed E-state index contributed by atoms with van der Waals surface area (Å²) < 4.78 is 32.3. The lowest BCUT2D eigenvalue weighted by atomic mass is 9.96. The lowest BCUT2D eigenvalue weighted by Gasteiger charge is -2.25. The van der Waals surface area contributed by atoms with Crippen molar-refractivity contribution < 1.29 is 13.2 Å². The zero-order valence-corrected chi connectivity index (χ0v) is 18.7. The third-order valence-electron chi connectivity index (χ3n) is 4.56. The number of nitrogens with one attached hydrogen (secondary N) is 1. The van der Waals surface area contributed by atoms with Gasteiger partial charge in [0.2, 0.25) is 0 Å². The van der Waals surface area contributed by atoms with E-state index < -0.39 is 10.0 Å². The molecule has 0 unspecified atom stereocenters. The summed E-state index contributed by atoms with van der Waals surface area (Å²) in [5.74, 6) is 0.442. The topological polar surface area (TPSA) is 97.0 Å². The van der Waals surface area contributed by atoms with Crippen molar-refractivity contribution in [3.8, 4) is 0 Å². The van der Waals surface area contributed by atoms with Gasteiger partial charge in [-0.3, -0.25) is 0 Å². The van der Waals surface area contributed by atoms with Crippen LogP contribution in [-0.2, 0) is 21.3 Å². The predicted octanol–water partition coefficient (Wildman–Crippen LogP) is 2.12. The number of halogens is 1. The number of thiophene rings is 1. The molecule has 0 atom stereocenters. The first-order valence-corrected chi connectivity index (χ1v) is 11.0. The van der Waals surface area contributed by atoms with Crippen LogP contribution in [0.5, 0.6) is 0 Å². The first-order chi connectivity index (χ1) is 12.1. The van der Waals surface area contributed by atoms with E-state index in [0.29, 0.717) is 49.1 Å². The van der Waals surface area contributed by atoms with E-state index in [9.17, 15) is 8.42 Å². The maximum atomic E-state index is 12.6. The van der Waals surface area contributed by atoms with Crippen molar-refractivity contribution in [1.82, 2.24) is 9.62 Å². The van der Waals surface area contributed by atoms with Crippen molar-refractivity contribution in [3.05, 3.63) is 17.0 Å². The largest absolute Gasteiger partial charge is 0.379 e. The zero-order valence-electron chi connectivity index (χ0n) is 14.7. The van der Waals surface area contributed by atoms with Crippen molar-refractivity contribution in [3.63, 3.8) is 0 Å². The van der Waals surface area contributed by atoms with E-state index in [-0.39, 0.29) is 24.0 Å². The van der Waals surface area contributed by atoms with Crippen LogP contribution in [0.15, 0.2) is 21.3 Å². The third kappa shape index (κ3) is 5.78. The molecule has 3 N–H and O–H groups in total. The first-order valence-electron chi connectivity index (χ1n) is 8.79. The standard InChI is InChI=1S/C16H26N4O3S2.HI/c17-16(19-13-4-2-1-3-5-13)18-12-14-6-7-15(24-14)25(21,22)20-8-10-23-11-9-20;/h6-7,13H,1-5,8-12H2,(H3,17,18,19);1H. The van der Waals surface area contributed by atoms with Gasteiger partial charge in [0.1, 0.15) is 4.21 Å². The number of sulfonamides is 1. The van der Waals surface area contributed by atoms with Crippen molar-refractivity contribution >= 4 is 51.3 Å². The number of nitrogens with zero attached hydrogens (tertiary/aromatic N) is 2. The summed E-state index contributed by atoms with van der Waals surface area (Å²) >= 11 is 1.26. The Morgan fingerprint density at radius 3 is 2.65 bits per heavy atom. The molecule has 0 radical (unpaired) electrons. The van der Waals surface area contributed by atoms with Crippen molar-refractivity contribution in [2.45, 2.75) is 48.9 Å². The quantitative estimate of drug-likeness (QED) is 0.357. The Morgan fingerprint density at radius 2 is 1.96 bits per heavy atom. The van der Waals surface area contributed by atoms with E-state index >= 15 is 0 Å². The van der Waals surface area contributed by atoms with Crippen LogP contribution in [0.3, 0.4) is 0 Å². The van der Waals surface area contributed by atoms with E-state index in [0.717, 1.165) is 17.7 Å². The summed E-state index contributed by atoms with van der Waals surface area (Å²) in [4.78, 5) is 5.25. The molecule has 7 nitrogen and oxygen atoms in total. The Labute approximate surface area is 176 Å². The molecule has 1 saturated carbocycles. The maximum absolute atomic E-state index is 12.6.